The minimum Gasteiger partial charge on any atom is -0.351 e. The minimum absolute atomic E-state index is 0.0209. The van der Waals surface area contributed by atoms with Gasteiger partial charge >= 0.3 is 0 Å². The number of nitrogens with zero attached hydrogens (tertiary/aromatic N) is 3. The average Bonchev–Trinajstić information content (AvgIpc) is 2.93. The first-order valence-electron chi connectivity index (χ1n) is 6.93. The Bertz CT molecular complexity index is 583. The molecule has 112 valence electrons. The van der Waals surface area contributed by atoms with Gasteiger partial charge in [-0.1, -0.05) is 43.6 Å². The summed E-state index contributed by atoms with van der Waals surface area (Å²) in [5, 5.41) is 11.8. The number of carbonyl (C=O) groups is 1. The Morgan fingerprint density at radius 3 is 2.57 bits per heavy atom. The van der Waals surface area contributed by atoms with Gasteiger partial charge in [0.2, 0.25) is 5.91 Å². The van der Waals surface area contributed by atoms with Crippen molar-refractivity contribution in [2.75, 3.05) is 0 Å². The predicted molar refractivity (Wildman–Crippen MR) is 81.9 cm³/mol. The van der Waals surface area contributed by atoms with Crippen molar-refractivity contribution in [3.8, 4) is 0 Å². The van der Waals surface area contributed by atoms with E-state index >= 15 is 0 Å². The molecule has 1 heterocycles. The summed E-state index contributed by atoms with van der Waals surface area (Å²) in [5.74, 6) is 0.236. The maximum atomic E-state index is 12.2. The second-order valence-corrected chi connectivity index (χ2v) is 5.68. The molecule has 21 heavy (non-hydrogen) atoms. The van der Waals surface area contributed by atoms with Gasteiger partial charge in [-0.15, -0.1) is 0 Å². The summed E-state index contributed by atoms with van der Waals surface area (Å²) in [7, 11) is 0. The molecule has 0 saturated carbocycles. The molecule has 5 nitrogen and oxygen atoms in total. The standard InChI is InChI=1S/C15H19ClN4O/c1-11(2)14(10-20-17-7-8-18-20)19-15(21)9-12-5-3-4-6-13(12)16/h3-8,11,14H,9-10H2,1-2H3,(H,19,21)/t14-/m0/s1. The van der Waals surface area contributed by atoms with Gasteiger partial charge in [0.25, 0.3) is 0 Å². The average molecular weight is 307 g/mol. The monoisotopic (exact) mass is 306 g/mol. The molecule has 2 aromatic rings. The topological polar surface area (TPSA) is 59.8 Å². The van der Waals surface area contributed by atoms with Crippen molar-refractivity contribution in [2.24, 2.45) is 5.92 Å². The highest BCUT2D eigenvalue weighted by atomic mass is 35.5. The lowest BCUT2D eigenvalue weighted by molar-refractivity contribution is -0.121. The maximum absolute atomic E-state index is 12.2. The zero-order valence-corrected chi connectivity index (χ0v) is 12.9. The van der Waals surface area contributed by atoms with Gasteiger partial charge in [-0.25, -0.2) is 0 Å². The molecule has 0 aliphatic heterocycles. The first kappa shape index (κ1) is 15.5. The minimum atomic E-state index is -0.0473. The Morgan fingerprint density at radius 2 is 1.95 bits per heavy atom. The lowest BCUT2D eigenvalue weighted by Crippen LogP contribution is -2.42. The molecule has 0 spiro atoms. The quantitative estimate of drug-likeness (QED) is 0.891. The van der Waals surface area contributed by atoms with Crippen LogP contribution in [0, 0.1) is 5.92 Å². The van der Waals surface area contributed by atoms with Crippen LogP contribution in [0.5, 0.6) is 0 Å². The van der Waals surface area contributed by atoms with E-state index in [1.165, 1.54) is 0 Å². The van der Waals surface area contributed by atoms with E-state index < -0.39 is 0 Å². The van der Waals surface area contributed by atoms with Crippen LogP contribution in [0.25, 0.3) is 0 Å². The molecular weight excluding hydrogens is 288 g/mol. The highest BCUT2D eigenvalue weighted by Gasteiger charge is 2.18. The summed E-state index contributed by atoms with van der Waals surface area (Å²) < 4.78 is 0. The van der Waals surface area contributed by atoms with Gasteiger partial charge in [-0.3, -0.25) is 4.79 Å². The largest absolute Gasteiger partial charge is 0.351 e. The molecule has 0 saturated heterocycles. The fourth-order valence-corrected chi connectivity index (χ4v) is 2.21. The highest BCUT2D eigenvalue weighted by Crippen LogP contribution is 2.15. The molecule has 0 fully saturated rings. The van der Waals surface area contributed by atoms with E-state index in [-0.39, 0.29) is 24.3 Å². The fourth-order valence-electron chi connectivity index (χ4n) is 2.01. The molecule has 6 heteroatoms. The van der Waals surface area contributed by atoms with E-state index in [2.05, 4.69) is 29.4 Å². The SMILES string of the molecule is CC(C)[C@H](Cn1nccn1)NC(=O)Cc1ccccc1Cl. The normalized spacial score (nSPS) is 12.4. The number of amides is 1. The number of nitrogens with one attached hydrogen (secondary N) is 1. The van der Waals surface area contributed by atoms with E-state index in [1.807, 2.05) is 18.2 Å². The van der Waals surface area contributed by atoms with Crippen LogP contribution < -0.4 is 5.32 Å². The molecule has 2 rings (SSSR count). The molecule has 0 unspecified atom stereocenters. The number of aromatic nitrogens is 3. The van der Waals surface area contributed by atoms with Crippen LogP contribution in [0.2, 0.25) is 5.02 Å². The third-order valence-corrected chi connectivity index (χ3v) is 3.66. The van der Waals surface area contributed by atoms with Gasteiger partial charge in [0.1, 0.15) is 0 Å². The van der Waals surface area contributed by atoms with Crippen molar-refractivity contribution in [3.63, 3.8) is 0 Å². The van der Waals surface area contributed by atoms with Crippen molar-refractivity contribution in [3.05, 3.63) is 47.2 Å². The van der Waals surface area contributed by atoms with Gasteiger partial charge in [-0.2, -0.15) is 15.0 Å². The Balaban J connectivity index is 1.97. The molecule has 1 atom stereocenters. The van der Waals surface area contributed by atoms with Crippen LogP contribution in [0.15, 0.2) is 36.7 Å². The lowest BCUT2D eigenvalue weighted by Gasteiger charge is -2.22. The number of hydrogen-bond donors (Lipinski definition) is 1. The molecular formula is C15H19ClN4O. The summed E-state index contributed by atoms with van der Waals surface area (Å²) in [6, 6.07) is 7.36. The van der Waals surface area contributed by atoms with Crippen LogP contribution >= 0.6 is 11.6 Å². The molecule has 1 N–H and O–H groups in total. The summed E-state index contributed by atoms with van der Waals surface area (Å²) in [4.78, 5) is 13.8. The first-order valence-corrected chi connectivity index (χ1v) is 7.31. The van der Waals surface area contributed by atoms with E-state index in [0.717, 1.165) is 5.56 Å². The Labute approximate surface area is 129 Å². The van der Waals surface area contributed by atoms with Crippen LogP contribution in [-0.4, -0.2) is 26.9 Å². The molecule has 1 amide bonds. The van der Waals surface area contributed by atoms with Crippen molar-refractivity contribution >= 4 is 17.5 Å². The lowest BCUT2D eigenvalue weighted by atomic mass is 10.0. The van der Waals surface area contributed by atoms with E-state index in [0.29, 0.717) is 11.6 Å². The van der Waals surface area contributed by atoms with Crippen molar-refractivity contribution in [1.82, 2.24) is 20.3 Å². The van der Waals surface area contributed by atoms with E-state index in [4.69, 9.17) is 11.6 Å². The fraction of sp³-hybridized carbons (Fsp3) is 0.400. The van der Waals surface area contributed by atoms with Gasteiger partial charge in [-0.05, 0) is 17.5 Å². The predicted octanol–water partition coefficient (Wildman–Crippen LogP) is 2.31. The van der Waals surface area contributed by atoms with Crippen molar-refractivity contribution < 1.29 is 4.79 Å². The second kappa shape index (κ2) is 7.22. The summed E-state index contributed by atoms with van der Waals surface area (Å²) in [5.41, 5.74) is 0.830. The van der Waals surface area contributed by atoms with Gasteiger partial charge in [0, 0.05) is 5.02 Å². The smallest absolute Gasteiger partial charge is 0.224 e. The Kier molecular flexibility index (Phi) is 5.33. The number of carbonyl (C=O) groups excluding carboxylic acids is 1. The van der Waals surface area contributed by atoms with Crippen LogP contribution in [0.3, 0.4) is 0 Å². The van der Waals surface area contributed by atoms with Crippen molar-refractivity contribution in [2.45, 2.75) is 32.9 Å². The molecule has 0 aliphatic carbocycles. The zero-order valence-electron chi connectivity index (χ0n) is 12.2. The maximum Gasteiger partial charge on any atom is 0.224 e. The van der Waals surface area contributed by atoms with Gasteiger partial charge in [0.15, 0.2) is 0 Å². The molecule has 1 aromatic heterocycles. The molecule has 0 aliphatic rings. The summed E-state index contributed by atoms with van der Waals surface area (Å²) in [6.45, 7) is 4.67. The first-order chi connectivity index (χ1) is 10.1. The summed E-state index contributed by atoms with van der Waals surface area (Å²) >= 11 is 6.08. The Hall–Kier alpha value is -1.88. The zero-order chi connectivity index (χ0) is 15.2. The van der Waals surface area contributed by atoms with Crippen LogP contribution in [-0.2, 0) is 17.8 Å². The Morgan fingerprint density at radius 1 is 1.29 bits per heavy atom. The van der Waals surface area contributed by atoms with Crippen LogP contribution in [0.4, 0.5) is 0 Å². The third kappa shape index (κ3) is 4.56. The third-order valence-electron chi connectivity index (χ3n) is 3.29. The molecule has 0 bridgehead atoms. The summed E-state index contributed by atoms with van der Waals surface area (Å²) in [6.07, 6.45) is 3.53. The van der Waals surface area contributed by atoms with Gasteiger partial charge < -0.3 is 5.32 Å². The second-order valence-electron chi connectivity index (χ2n) is 5.27. The number of hydrogen-bond acceptors (Lipinski definition) is 3. The van der Waals surface area contributed by atoms with Crippen LogP contribution in [0.1, 0.15) is 19.4 Å². The van der Waals surface area contributed by atoms with Gasteiger partial charge in [0.05, 0.1) is 31.4 Å². The number of rotatable bonds is 6. The highest BCUT2D eigenvalue weighted by molar-refractivity contribution is 6.31. The number of benzene rings is 1. The van der Waals surface area contributed by atoms with E-state index in [1.54, 1.807) is 23.3 Å². The van der Waals surface area contributed by atoms with E-state index in [9.17, 15) is 4.79 Å². The van der Waals surface area contributed by atoms with Crippen molar-refractivity contribution in [1.29, 1.82) is 0 Å². The number of halogens is 1. The molecule has 0 radical (unpaired) electrons. The molecule has 1 aromatic carbocycles.